The second-order valence-corrected chi connectivity index (χ2v) is 13.1. The number of halogens is 3. The van der Waals surface area contributed by atoms with E-state index in [2.05, 4.69) is 5.32 Å². The van der Waals surface area contributed by atoms with Gasteiger partial charge in [-0.05, 0) is 60.5 Å². The number of anilines is 2. The minimum Gasteiger partial charge on any atom is -0.325 e. The molecule has 41 heavy (non-hydrogen) atoms. The van der Waals surface area contributed by atoms with Gasteiger partial charge in [0.1, 0.15) is 11.8 Å². The predicted molar refractivity (Wildman–Crippen MR) is 164 cm³/mol. The lowest BCUT2D eigenvalue weighted by molar-refractivity contribution is -0.122. The second kappa shape index (κ2) is 11.0. The van der Waals surface area contributed by atoms with Crippen molar-refractivity contribution in [3.8, 4) is 0 Å². The number of nitrogens with zero attached hydrogens (tertiary/aromatic N) is 2. The van der Waals surface area contributed by atoms with Gasteiger partial charge in [0.25, 0.3) is 0 Å². The molecule has 3 aromatic carbocycles. The minimum absolute atomic E-state index is 0.241. The third kappa shape index (κ3) is 5.00. The van der Waals surface area contributed by atoms with Crippen molar-refractivity contribution in [2.45, 2.75) is 29.7 Å². The molecule has 12 heteroatoms. The van der Waals surface area contributed by atoms with Gasteiger partial charge in [0.05, 0.1) is 26.7 Å². The third-order valence-corrected chi connectivity index (χ3v) is 10.7. The highest BCUT2D eigenvalue weighted by Gasteiger charge is 2.57. The van der Waals surface area contributed by atoms with E-state index in [1.165, 1.54) is 4.57 Å². The Hall–Kier alpha value is -3.08. The van der Waals surface area contributed by atoms with Crippen molar-refractivity contribution in [1.82, 2.24) is 4.57 Å². The zero-order chi connectivity index (χ0) is 29.0. The Morgan fingerprint density at radius 3 is 2.41 bits per heavy atom. The van der Waals surface area contributed by atoms with Gasteiger partial charge in [-0.1, -0.05) is 82.2 Å². The fourth-order valence-electron chi connectivity index (χ4n) is 5.26. The molecule has 0 bridgehead atoms. The van der Waals surface area contributed by atoms with Gasteiger partial charge in [-0.25, -0.2) is 4.90 Å². The van der Waals surface area contributed by atoms with E-state index in [1.54, 1.807) is 48.5 Å². The number of carbonyl (C=O) groups excluding carboxylic acids is 3. The van der Waals surface area contributed by atoms with Gasteiger partial charge in [-0.15, -0.1) is 0 Å². The van der Waals surface area contributed by atoms with E-state index < -0.39 is 34.8 Å². The molecular formula is C29H20Cl3N3O4S2. The average molecular weight is 645 g/mol. The van der Waals surface area contributed by atoms with E-state index in [0.717, 1.165) is 33.6 Å². The summed E-state index contributed by atoms with van der Waals surface area (Å²) in [6, 6.07) is 18.9. The Labute approximate surface area is 258 Å². The van der Waals surface area contributed by atoms with Crippen LogP contribution in [0.3, 0.4) is 0 Å². The first-order chi connectivity index (χ1) is 19.6. The van der Waals surface area contributed by atoms with E-state index in [9.17, 15) is 19.2 Å². The number of imide groups is 1. The van der Waals surface area contributed by atoms with Crippen LogP contribution in [0, 0.1) is 12.8 Å². The Kier molecular flexibility index (Phi) is 7.50. The molecule has 1 N–H and O–H groups in total. The number of benzene rings is 3. The van der Waals surface area contributed by atoms with Crippen LogP contribution in [0.4, 0.5) is 11.4 Å². The van der Waals surface area contributed by atoms with Crippen LogP contribution < -0.4 is 15.1 Å². The van der Waals surface area contributed by atoms with Crippen LogP contribution in [0.1, 0.15) is 21.9 Å². The Bertz CT molecular complexity index is 1790. The molecule has 1 aromatic heterocycles. The van der Waals surface area contributed by atoms with E-state index in [-0.39, 0.29) is 21.5 Å². The van der Waals surface area contributed by atoms with E-state index in [1.807, 2.05) is 25.1 Å². The fourth-order valence-corrected chi connectivity index (χ4v) is 8.58. The lowest BCUT2D eigenvalue weighted by Gasteiger charge is -2.31. The quantitative estimate of drug-likeness (QED) is 0.247. The van der Waals surface area contributed by atoms with Crippen molar-refractivity contribution in [3.05, 3.63) is 107 Å². The SMILES string of the molecule is Cc1cccc(NC(=O)Cn2c3c(sc2=O)C(c2cccc(Cl)c2Cl)C2C(=O)N(c4ccc(Cl)cc4)C(=O)C2S3)c1. The van der Waals surface area contributed by atoms with Crippen LogP contribution in [0.5, 0.6) is 0 Å². The molecule has 7 nitrogen and oxygen atoms in total. The van der Waals surface area contributed by atoms with E-state index in [0.29, 0.717) is 31.9 Å². The number of hydrogen-bond donors (Lipinski definition) is 1. The van der Waals surface area contributed by atoms with Crippen molar-refractivity contribution in [2.75, 3.05) is 10.2 Å². The Balaban J connectivity index is 1.44. The number of rotatable bonds is 5. The van der Waals surface area contributed by atoms with Gasteiger partial charge in [0.15, 0.2) is 0 Å². The van der Waals surface area contributed by atoms with Crippen molar-refractivity contribution >= 4 is 87.0 Å². The summed E-state index contributed by atoms with van der Waals surface area (Å²) in [5.74, 6) is -2.80. The highest BCUT2D eigenvalue weighted by molar-refractivity contribution is 8.00. The van der Waals surface area contributed by atoms with Crippen molar-refractivity contribution < 1.29 is 14.4 Å². The number of fused-ring (bicyclic) bond motifs is 2. The van der Waals surface area contributed by atoms with Crippen LogP contribution in [-0.4, -0.2) is 27.5 Å². The zero-order valence-corrected chi connectivity index (χ0v) is 25.2. The maximum atomic E-state index is 14.0. The van der Waals surface area contributed by atoms with Crippen LogP contribution in [0.15, 0.2) is 76.6 Å². The maximum Gasteiger partial charge on any atom is 0.308 e. The molecule has 3 amide bonds. The largest absolute Gasteiger partial charge is 0.325 e. The number of nitrogens with one attached hydrogen (secondary N) is 1. The van der Waals surface area contributed by atoms with Gasteiger partial charge in [0, 0.05) is 21.5 Å². The molecule has 3 heterocycles. The molecular weight excluding hydrogens is 625 g/mol. The van der Waals surface area contributed by atoms with Crippen LogP contribution >= 0.6 is 57.9 Å². The highest BCUT2D eigenvalue weighted by Crippen LogP contribution is 2.55. The molecule has 6 rings (SSSR count). The topological polar surface area (TPSA) is 88.5 Å². The number of aromatic nitrogens is 1. The number of thioether (sulfide) groups is 1. The number of carbonyl (C=O) groups is 3. The lowest BCUT2D eigenvalue weighted by atomic mass is 9.83. The molecule has 208 valence electrons. The molecule has 0 radical (unpaired) electrons. The number of amides is 3. The molecule has 0 spiro atoms. The Morgan fingerprint density at radius 1 is 0.951 bits per heavy atom. The maximum absolute atomic E-state index is 14.0. The van der Waals surface area contributed by atoms with Crippen LogP contribution in [-0.2, 0) is 20.9 Å². The molecule has 2 aliphatic heterocycles. The van der Waals surface area contributed by atoms with E-state index >= 15 is 0 Å². The summed E-state index contributed by atoms with van der Waals surface area (Å²) in [6.07, 6.45) is 0. The molecule has 1 fully saturated rings. The average Bonchev–Trinajstić information content (AvgIpc) is 3.37. The second-order valence-electron chi connectivity index (χ2n) is 9.71. The lowest BCUT2D eigenvalue weighted by Crippen LogP contribution is -2.33. The molecule has 0 aliphatic carbocycles. The summed E-state index contributed by atoms with van der Waals surface area (Å²) >= 11 is 21.1. The standard InChI is InChI=1S/C29H20Cl3N3O4S2/c1-14-4-2-5-16(12-14)33-20(36)13-34-28-25(41-29(34)39)21(18-6-3-7-19(31)23(18)32)22-24(40-28)27(38)35(26(22)37)17-10-8-15(30)9-11-17/h2-12,21-22,24H,13H2,1H3,(H,33,36). The number of hydrogen-bond acceptors (Lipinski definition) is 6. The normalized spacial score (nSPS) is 19.7. The smallest absolute Gasteiger partial charge is 0.308 e. The number of thiazole rings is 1. The van der Waals surface area contributed by atoms with Gasteiger partial charge < -0.3 is 5.32 Å². The first-order valence-corrected chi connectivity index (χ1v) is 15.3. The fraction of sp³-hybridized carbons (Fsp3) is 0.172. The summed E-state index contributed by atoms with van der Waals surface area (Å²) < 4.78 is 1.36. The van der Waals surface area contributed by atoms with Gasteiger partial charge >= 0.3 is 4.87 Å². The van der Waals surface area contributed by atoms with Gasteiger partial charge in [0.2, 0.25) is 17.7 Å². The summed E-state index contributed by atoms with van der Waals surface area (Å²) in [5.41, 5.74) is 2.52. The molecule has 1 saturated heterocycles. The summed E-state index contributed by atoms with van der Waals surface area (Å²) in [5, 5.41) is 3.43. The monoisotopic (exact) mass is 643 g/mol. The van der Waals surface area contributed by atoms with Crippen LogP contribution in [0.25, 0.3) is 0 Å². The molecule has 0 saturated carbocycles. The molecule has 4 aromatic rings. The third-order valence-electron chi connectivity index (χ3n) is 7.05. The first kappa shape index (κ1) is 28.1. The highest BCUT2D eigenvalue weighted by atomic mass is 35.5. The van der Waals surface area contributed by atoms with Crippen molar-refractivity contribution in [3.63, 3.8) is 0 Å². The molecule has 3 atom stereocenters. The molecule has 2 aliphatic rings. The Morgan fingerprint density at radius 2 is 1.68 bits per heavy atom. The van der Waals surface area contributed by atoms with Gasteiger partial charge in [-0.3, -0.25) is 23.7 Å². The zero-order valence-electron chi connectivity index (χ0n) is 21.3. The van der Waals surface area contributed by atoms with Crippen molar-refractivity contribution in [1.29, 1.82) is 0 Å². The van der Waals surface area contributed by atoms with E-state index in [4.69, 9.17) is 34.8 Å². The van der Waals surface area contributed by atoms with Crippen molar-refractivity contribution in [2.24, 2.45) is 5.92 Å². The predicted octanol–water partition coefficient (Wildman–Crippen LogP) is 6.61. The summed E-state index contributed by atoms with van der Waals surface area (Å²) in [7, 11) is 0. The number of aryl methyl sites for hydroxylation is 1. The first-order valence-electron chi connectivity index (χ1n) is 12.5. The van der Waals surface area contributed by atoms with Gasteiger partial charge in [-0.2, -0.15) is 0 Å². The summed E-state index contributed by atoms with van der Waals surface area (Å²) in [4.78, 5) is 55.5. The minimum atomic E-state index is -0.856. The molecule has 3 unspecified atom stereocenters. The summed E-state index contributed by atoms with van der Waals surface area (Å²) in [6.45, 7) is 1.65. The van der Waals surface area contributed by atoms with Crippen LogP contribution in [0.2, 0.25) is 15.1 Å².